The molecule has 2 aromatic heterocycles. The highest BCUT2D eigenvalue weighted by Gasteiger charge is 2.33. The van der Waals surface area contributed by atoms with Crippen LogP contribution in [0.25, 0.3) is 22.2 Å². The highest BCUT2D eigenvalue weighted by Crippen LogP contribution is 2.29. The zero-order chi connectivity index (χ0) is 18.1. The van der Waals surface area contributed by atoms with E-state index in [1.54, 1.807) is 12.4 Å². The smallest absolute Gasteiger partial charge is 0.254 e. The predicted octanol–water partition coefficient (Wildman–Crippen LogP) is 3.95. The molecule has 2 unspecified atom stereocenters. The Balaban J connectivity index is 0.00000140. The molecule has 0 saturated carbocycles. The van der Waals surface area contributed by atoms with Crippen LogP contribution in [-0.4, -0.2) is 39.9 Å². The van der Waals surface area contributed by atoms with Crippen molar-refractivity contribution >= 4 is 41.6 Å². The van der Waals surface area contributed by atoms with E-state index in [-0.39, 0.29) is 36.8 Å². The van der Waals surface area contributed by atoms with Gasteiger partial charge in [-0.15, -0.1) is 24.8 Å². The Hall–Kier alpha value is -2.21. The van der Waals surface area contributed by atoms with Crippen molar-refractivity contribution < 1.29 is 4.79 Å². The lowest BCUT2D eigenvalue weighted by atomic mass is 10.0. The van der Waals surface area contributed by atoms with E-state index in [0.717, 1.165) is 35.1 Å². The number of benzene rings is 1. The molecule has 1 saturated heterocycles. The van der Waals surface area contributed by atoms with Crippen LogP contribution in [0.15, 0.2) is 54.9 Å². The molecule has 2 N–H and O–H groups in total. The van der Waals surface area contributed by atoms with Gasteiger partial charge in [-0.2, -0.15) is 0 Å². The highest BCUT2D eigenvalue weighted by molar-refractivity contribution is 6.07. The fourth-order valence-corrected chi connectivity index (χ4v) is 3.77. The fourth-order valence-electron chi connectivity index (χ4n) is 3.77. The molecule has 3 heterocycles. The van der Waals surface area contributed by atoms with E-state index in [0.29, 0.717) is 18.0 Å². The number of rotatable bonds is 3. The summed E-state index contributed by atoms with van der Waals surface area (Å²) in [6, 6.07) is 13.7. The molecule has 1 amide bonds. The molecule has 0 aliphatic carbocycles. The van der Waals surface area contributed by atoms with Gasteiger partial charge in [0.05, 0.1) is 16.8 Å². The number of para-hydroxylation sites is 1. The summed E-state index contributed by atoms with van der Waals surface area (Å²) in [6.07, 6.45) is 4.46. The molecule has 7 heteroatoms. The Labute approximate surface area is 177 Å². The molecular formula is C21H24Cl2N4O. The zero-order valence-electron chi connectivity index (χ0n) is 15.6. The molecular weight excluding hydrogens is 395 g/mol. The average Bonchev–Trinajstić information content (AvgIpc) is 3.08. The van der Waals surface area contributed by atoms with Gasteiger partial charge in [-0.25, -0.2) is 4.98 Å². The van der Waals surface area contributed by atoms with Gasteiger partial charge in [0, 0.05) is 35.9 Å². The van der Waals surface area contributed by atoms with E-state index in [1.165, 1.54) is 0 Å². The maximum atomic E-state index is 13.4. The highest BCUT2D eigenvalue weighted by atomic mass is 35.5. The number of carbonyl (C=O) groups is 1. The van der Waals surface area contributed by atoms with Crippen LogP contribution in [0.2, 0.25) is 0 Å². The first-order valence-corrected chi connectivity index (χ1v) is 8.98. The molecule has 0 radical (unpaired) electrons. The number of aromatic nitrogens is 2. The molecule has 0 bridgehead atoms. The number of fused-ring (bicyclic) bond motifs is 1. The summed E-state index contributed by atoms with van der Waals surface area (Å²) in [7, 11) is 0. The van der Waals surface area contributed by atoms with E-state index in [1.807, 2.05) is 47.4 Å². The first kappa shape index (κ1) is 22.1. The fraction of sp³-hybridized carbons (Fsp3) is 0.286. The number of pyridine rings is 2. The van der Waals surface area contributed by atoms with Gasteiger partial charge in [0.1, 0.15) is 0 Å². The van der Waals surface area contributed by atoms with Crippen molar-refractivity contribution in [2.24, 2.45) is 11.7 Å². The number of nitrogens with zero attached hydrogens (tertiary/aromatic N) is 3. The molecule has 148 valence electrons. The third kappa shape index (κ3) is 4.12. The van der Waals surface area contributed by atoms with E-state index in [9.17, 15) is 4.79 Å². The van der Waals surface area contributed by atoms with Crippen LogP contribution in [0.5, 0.6) is 0 Å². The van der Waals surface area contributed by atoms with E-state index >= 15 is 0 Å². The number of likely N-dealkylation sites (tertiary alicyclic amines) is 1. The second-order valence-corrected chi connectivity index (χ2v) is 6.96. The minimum absolute atomic E-state index is 0. The van der Waals surface area contributed by atoms with Crippen molar-refractivity contribution in [3.05, 3.63) is 60.4 Å². The van der Waals surface area contributed by atoms with Crippen LogP contribution in [0, 0.1) is 5.92 Å². The third-order valence-electron chi connectivity index (χ3n) is 5.16. The zero-order valence-corrected chi connectivity index (χ0v) is 17.2. The number of hydrogen-bond acceptors (Lipinski definition) is 4. The molecule has 28 heavy (non-hydrogen) atoms. The monoisotopic (exact) mass is 418 g/mol. The van der Waals surface area contributed by atoms with Crippen LogP contribution in [0.4, 0.5) is 0 Å². The molecule has 2 atom stereocenters. The van der Waals surface area contributed by atoms with Gasteiger partial charge in [-0.05, 0) is 50.1 Å². The van der Waals surface area contributed by atoms with Gasteiger partial charge >= 0.3 is 0 Å². The van der Waals surface area contributed by atoms with Gasteiger partial charge in [0.15, 0.2) is 0 Å². The molecule has 1 aliphatic heterocycles. The SMILES string of the molecule is CC1CC(CN)CN1C(=O)c1cc(-c2cccnc2)nc2ccccc12.Cl.Cl. The van der Waals surface area contributed by atoms with E-state index in [2.05, 4.69) is 11.9 Å². The summed E-state index contributed by atoms with van der Waals surface area (Å²) in [5.41, 5.74) is 9.02. The van der Waals surface area contributed by atoms with Gasteiger partial charge in [0.25, 0.3) is 5.91 Å². The van der Waals surface area contributed by atoms with Gasteiger partial charge in [-0.3, -0.25) is 9.78 Å². The first-order valence-electron chi connectivity index (χ1n) is 8.98. The van der Waals surface area contributed by atoms with E-state index in [4.69, 9.17) is 10.7 Å². The van der Waals surface area contributed by atoms with Crippen LogP contribution >= 0.6 is 24.8 Å². The Morgan fingerprint density at radius 2 is 2.00 bits per heavy atom. The number of carbonyl (C=O) groups excluding carboxylic acids is 1. The lowest BCUT2D eigenvalue weighted by Gasteiger charge is -2.22. The van der Waals surface area contributed by atoms with E-state index < -0.39 is 0 Å². The van der Waals surface area contributed by atoms with Crippen LogP contribution in [0.1, 0.15) is 23.7 Å². The van der Waals surface area contributed by atoms with Crippen LogP contribution in [-0.2, 0) is 0 Å². The Morgan fingerprint density at radius 1 is 1.21 bits per heavy atom. The standard InChI is InChI=1S/C21H22N4O.2ClH/c1-14-9-15(11-22)13-25(14)21(26)18-10-20(16-5-4-8-23-12-16)24-19-7-3-2-6-17(18)19;;/h2-8,10,12,14-15H,9,11,13,22H2,1H3;2*1H. The van der Waals surface area contributed by atoms with Gasteiger partial charge in [0.2, 0.25) is 0 Å². The molecule has 1 fully saturated rings. The van der Waals surface area contributed by atoms with Crippen molar-refractivity contribution in [1.29, 1.82) is 0 Å². The number of amides is 1. The second kappa shape index (κ2) is 9.32. The van der Waals surface area contributed by atoms with Gasteiger partial charge in [-0.1, -0.05) is 18.2 Å². The Morgan fingerprint density at radius 3 is 2.68 bits per heavy atom. The minimum Gasteiger partial charge on any atom is -0.336 e. The van der Waals surface area contributed by atoms with Crippen molar-refractivity contribution in [1.82, 2.24) is 14.9 Å². The molecule has 1 aromatic carbocycles. The average molecular weight is 419 g/mol. The quantitative estimate of drug-likeness (QED) is 0.698. The summed E-state index contributed by atoms with van der Waals surface area (Å²) in [5, 5.41) is 0.883. The Kier molecular flexibility index (Phi) is 7.35. The maximum absolute atomic E-state index is 13.4. The minimum atomic E-state index is 0. The summed E-state index contributed by atoms with van der Waals surface area (Å²) >= 11 is 0. The summed E-state index contributed by atoms with van der Waals surface area (Å²) in [6.45, 7) is 3.43. The number of hydrogen-bond donors (Lipinski definition) is 1. The second-order valence-electron chi connectivity index (χ2n) is 6.96. The largest absolute Gasteiger partial charge is 0.336 e. The van der Waals surface area contributed by atoms with Crippen molar-refractivity contribution in [2.45, 2.75) is 19.4 Å². The molecule has 5 nitrogen and oxygen atoms in total. The van der Waals surface area contributed by atoms with Crippen molar-refractivity contribution in [3.63, 3.8) is 0 Å². The third-order valence-corrected chi connectivity index (χ3v) is 5.16. The normalized spacial score (nSPS) is 18.4. The van der Waals surface area contributed by atoms with Crippen molar-refractivity contribution in [3.8, 4) is 11.3 Å². The summed E-state index contributed by atoms with van der Waals surface area (Å²) in [5.74, 6) is 0.428. The summed E-state index contributed by atoms with van der Waals surface area (Å²) in [4.78, 5) is 24.2. The Bertz CT molecular complexity index is 952. The summed E-state index contributed by atoms with van der Waals surface area (Å²) < 4.78 is 0. The molecule has 0 spiro atoms. The van der Waals surface area contributed by atoms with Crippen LogP contribution in [0.3, 0.4) is 0 Å². The maximum Gasteiger partial charge on any atom is 0.254 e. The predicted molar refractivity (Wildman–Crippen MR) is 117 cm³/mol. The lowest BCUT2D eigenvalue weighted by Crippen LogP contribution is -2.34. The first-order chi connectivity index (χ1) is 12.7. The topological polar surface area (TPSA) is 72.1 Å². The van der Waals surface area contributed by atoms with Crippen LogP contribution < -0.4 is 5.73 Å². The molecule has 4 rings (SSSR count). The number of halogens is 2. The van der Waals surface area contributed by atoms with Gasteiger partial charge < -0.3 is 10.6 Å². The molecule has 3 aromatic rings. The lowest BCUT2D eigenvalue weighted by molar-refractivity contribution is 0.0745. The number of nitrogens with two attached hydrogens (primary N) is 1. The van der Waals surface area contributed by atoms with Crippen molar-refractivity contribution in [2.75, 3.05) is 13.1 Å². The molecule has 1 aliphatic rings.